The third-order valence-electron chi connectivity index (χ3n) is 2.09. The van der Waals surface area contributed by atoms with Crippen molar-refractivity contribution in [3.8, 4) is 0 Å². The molecule has 0 aliphatic carbocycles. The zero-order valence-electron chi connectivity index (χ0n) is 6.87. The van der Waals surface area contributed by atoms with Crippen LogP contribution in [-0.4, -0.2) is 12.2 Å². The van der Waals surface area contributed by atoms with Crippen molar-refractivity contribution in [2.24, 2.45) is 0 Å². The summed E-state index contributed by atoms with van der Waals surface area (Å²) in [6, 6.07) is 8.27. The SMILES string of the molecule is CN1C(=S)NCc2ccccc21. The summed E-state index contributed by atoms with van der Waals surface area (Å²) in [5.41, 5.74) is 2.51. The second-order valence-corrected chi connectivity index (χ2v) is 3.23. The molecule has 1 N–H and O–H groups in total. The first-order chi connectivity index (χ1) is 5.79. The van der Waals surface area contributed by atoms with Crippen molar-refractivity contribution < 1.29 is 0 Å². The molecule has 0 atom stereocenters. The van der Waals surface area contributed by atoms with E-state index in [4.69, 9.17) is 12.2 Å². The summed E-state index contributed by atoms with van der Waals surface area (Å²) >= 11 is 5.12. The van der Waals surface area contributed by atoms with E-state index < -0.39 is 0 Å². The zero-order valence-corrected chi connectivity index (χ0v) is 7.69. The molecule has 0 unspecified atom stereocenters. The fourth-order valence-electron chi connectivity index (χ4n) is 1.39. The minimum atomic E-state index is 0.800. The molecule has 1 aromatic rings. The maximum atomic E-state index is 5.12. The highest BCUT2D eigenvalue weighted by Crippen LogP contribution is 2.22. The van der Waals surface area contributed by atoms with Crippen molar-refractivity contribution in [1.29, 1.82) is 0 Å². The standard InChI is InChI=1S/C9H10N2S/c1-11-8-5-3-2-4-7(8)6-10-9(11)12/h2-5H,6H2,1H3,(H,10,12). The average molecular weight is 178 g/mol. The lowest BCUT2D eigenvalue weighted by molar-refractivity contribution is 0.873. The number of para-hydroxylation sites is 1. The van der Waals surface area contributed by atoms with Gasteiger partial charge in [0.15, 0.2) is 5.11 Å². The second-order valence-electron chi connectivity index (χ2n) is 2.85. The maximum absolute atomic E-state index is 5.12. The molecule has 0 amide bonds. The van der Waals surface area contributed by atoms with Crippen LogP contribution in [0.15, 0.2) is 24.3 Å². The summed E-state index contributed by atoms with van der Waals surface area (Å²) in [7, 11) is 1.98. The monoisotopic (exact) mass is 178 g/mol. The molecule has 0 bridgehead atoms. The predicted octanol–water partition coefficient (Wildman–Crippen LogP) is 1.51. The van der Waals surface area contributed by atoms with Crippen molar-refractivity contribution in [1.82, 2.24) is 5.32 Å². The number of nitrogens with one attached hydrogen (secondary N) is 1. The normalized spacial score (nSPS) is 15.4. The van der Waals surface area contributed by atoms with E-state index >= 15 is 0 Å². The van der Waals surface area contributed by atoms with Crippen molar-refractivity contribution in [3.05, 3.63) is 29.8 Å². The van der Waals surface area contributed by atoms with Crippen molar-refractivity contribution in [3.63, 3.8) is 0 Å². The number of nitrogens with zero attached hydrogens (tertiary/aromatic N) is 1. The Labute approximate surface area is 77.2 Å². The molecule has 0 saturated heterocycles. The number of anilines is 1. The Morgan fingerprint density at radius 2 is 2.17 bits per heavy atom. The first-order valence-electron chi connectivity index (χ1n) is 3.88. The molecule has 1 aliphatic heterocycles. The average Bonchev–Trinajstić information content (AvgIpc) is 2.12. The molecular weight excluding hydrogens is 168 g/mol. The first kappa shape index (κ1) is 7.55. The van der Waals surface area contributed by atoms with Crippen LogP contribution < -0.4 is 10.2 Å². The van der Waals surface area contributed by atoms with Crippen LogP contribution in [0.1, 0.15) is 5.56 Å². The van der Waals surface area contributed by atoms with E-state index in [-0.39, 0.29) is 0 Å². The van der Waals surface area contributed by atoms with Gasteiger partial charge < -0.3 is 10.2 Å². The molecule has 1 aliphatic rings. The molecule has 12 heavy (non-hydrogen) atoms. The van der Waals surface area contributed by atoms with E-state index in [0.29, 0.717) is 0 Å². The summed E-state index contributed by atoms with van der Waals surface area (Å²) in [5, 5.41) is 3.95. The fraction of sp³-hybridized carbons (Fsp3) is 0.222. The number of hydrogen-bond acceptors (Lipinski definition) is 1. The van der Waals surface area contributed by atoms with Crippen LogP contribution in [-0.2, 0) is 6.54 Å². The van der Waals surface area contributed by atoms with Gasteiger partial charge in [0.1, 0.15) is 0 Å². The highest BCUT2D eigenvalue weighted by Gasteiger charge is 2.15. The van der Waals surface area contributed by atoms with Crippen molar-refractivity contribution >= 4 is 23.0 Å². The zero-order chi connectivity index (χ0) is 8.55. The first-order valence-corrected chi connectivity index (χ1v) is 4.29. The quantitative estimate of drug-likeness (QED) is 0.606. The molecule has 0 saturated carbocycles. The molecule has 62 valence electrons. The van der Waals surface area contributed by atoms with E-state index in [1.807, 2.05) is 24.1 Å². The van der Waals surface area contributed by atoms with Gasteiger partial charge in [-0.25, -0.2) is 0 Å². The lowest BCUT2D eigenvalue weighted by atomic mass is 10.1. The third kappa shape index (κ3) is 1.06. The minimum Gasteiger partial charge on any atom is -0.358 e. The maximum Gasteiger partial charge on any atom is 0.173 e. The van der Waals surface area contributed by atoms with Gasteiger partial charge in [-0.3, -0.25) is 0 Å². The van der Waals surface area contributed by atoms with Crippen LogP contribution in [0.3, 0.4) is 0 Å². The molecular formula is C9H10N2S. The molecule has 3 heteroatoms. The molecule has 1 heterocycles. The number of fused-ring (bicyclic) bond motifs is 1. The van der Waals surface area contributed by atoms with Crippen molar-refractivity contribution in [2.75, 3.05) is 11.9 Å². The largest absolute Gasteiger partial charge is 0.358 e. The minimum absolute atomic E-state index is 0.800. The van der Waals surface area contributed by atoms with Gasteiger partial charge in [-0.05, 0) is 23.8 Å². The van der Waals surface area contributed by atoms with Gasteiger partial charge in [0.2, 0.25) is 0 Å². The lowest BCUT2D eigenvalue weighted by Crippen LogP contribution is -2.41. The third-order valence-corrected chi connectivity index (χ3v) is 2.51. The van der Waals surface area contributed by atoms with Gasteiger partial charge in [0.05, 0.1) is 0 Å². The highest BCUT2D eigenvalue weighted by molar-refractivity contribution is 7.80. The van der Waals surface area contributed by atoms with Crippen LogP contribution in [0.2, 0.25) is 0 Å². The van der Waals surface area contributed by atoms with Crippen LogP contribution in [0.25, 0.3) is 0 Å². The molecule has 2 rings (SSSR count). The number of benzene rings is 1. The number of rotatable bonds is 0. The van der Waals surface area contributed by atoms with Gasteiger partial charge in [0.25, 0.3) is 0 Å². The van der Waals surface area contributed by atoms with Crippen LogP contribution in [0.5, 0.6) is 0 Å². The summed E-state index contributed by atoms with van der Waals surface area (Å²) in [5.74, 6) is 0. The highest BCUT2D eigenvalue weighted by atomic mass is 32.1. The predicted molar refractivity (Wildman–Crippen MR) is 54.3 cm³/mol. The summed E-state index contributed by atoms with van der Waals surface area (Å²) in [4.78, 5) is 1.99. The Kier molecular flexibility index (Phi) is 1.73. The fourth-order valence-corrected chi connectivity index (χ4v) is 1.56. The Morgan fingerprint density at radius 1 is 1.42 bits per heavy atom. The van der Waals surface area contributed by atoms with E-state index in [1.54, 1.807) is 0 Å². The van der Waals surface area contributed by atoms with E-state index in [9.17, 15) is 0 Å². The Balaban J connectivity index is 2.48. The Bertz CT molecular complexity index is 322. The molecule has 0 aromatic heterocycles. The Hall–Kier alpha value is -1.09. The van der Waals surface area contributed by atoms with Crippen LogP contribution in [0.4, 0.5) is 5.69 Å². The van der Waals surface area contributed by atoms with E-state index in [2.05, 4.69) is 17.4 Å². The molecule has 0 fully saturated rings. The molecule has 1 aromatic carbocycles. The summed E-state index contributed by atoms with van der Waals surface area (Å²) in [6.07, 6.45) is 0. The molecule has 0 radical (unpaired) electrons. The van der Waals surface area contributed by atoms with E-state index in [1.165, 1.54) is 11.3 Å². The van der Waals surface area contributed by atoms with Gasteiger partial charge >= 0.3 is 0 Å². The number of hydrogen-bond donors (Lipinski definition) is 1. The van der Waals surface area contributed by atoms with Gasteiger partial charge in [-0.1, -0.05) is 18.2 Å². The van der Waals surface area contributed by atoms with E-state index in [0.717, 1.165) is 11.7 Å². The Morgan fingerprint density at radius 3 is 3.00 bits per heavy atom. The van der Waals surface area contributed by atoms with Crippen molar-refractivity contribution in [2.45, 2.75) is 6.54 Å². The summed E-state index contributed by atoms with van der Waals surface area (Å²) < 4.78 is 0. The van der Waals surface area contributed by atoms with Crippen LogP contribution in [0, 0.1) is 0 Å². The van der Waals surface area contributed by atoms with Gasteiger partial charge in [-0.15, -0.1) is 0 Å². The van der Waals surface area contributed by atoms with Gasteiger partial charge in [-0.2, -0.15) is 0 Å². The molecule has 2 nitrogen and oxygen atoms in total. The summed E-state index contributed by atoms with van der Waals surface area (Å²) in [6.45, 7) is 0.847. The molecule has 0 spiro atoms. The smallest absolute Gasteiger partial charge is 0.173 e. The van der Waals surface area contributed by atoms with Crippen LogP contribution >= 0.6 is 12.2 Å². The lowest BCUT2D eigenvalue weighted by Gasteiger charge is -2.28. The number of thiocarbonyl (C=S) groups is 1. The van der Waals surface area contributed by atoms with Gasteiger partial charge in [0, 0.05) is 19.3 Å². The topological polar surface area (TPSA) is 15.3 Å². The second kappa shape index (κ2) is 2.75.